The van der Waals surface area contributed by atoms with Gasteiger partial charge in [0.1, 0.15) is 5.69 Å². The van der Waals surface area contributed by atoms with Crippen LogP contribution in [0.4, 0.5) is 5.69 Å². The lowest BCUT2D eigenvalue weighted by Crippen LogP contribution is -1.93. The van der Waals surface area contributed by atoms with Gasteiger partial charge >= 0.3 is 0 Å². The molecule has 10 heavy (non-hydrogen) atoms. The zero-order valence-electron chi connectivity index (χ0n) is 5.29. The van der Waals surface area contributed by atoms with Crippen molar-refractivity contribution in [2.24, 2.45) is 0 Å². The Kier molecular flexibility index (Phi) is 2.02. The summed E-state index contributed by atoms with van der Waals surface area (Å²) in [5, 5.41) is 6.78. The Morgan fingerprint density at radius 2 is 2.10 bits per heavy atom. The van der Waals surface area contributed by atoms with Crippen molar-refractivity contribution in [3.05, 3.63) is 29.8 Å². The minimum absolute atomic E-state index is 0.512. The fourth-order valence-electron chi connectivity index (χ4n) is 0.714. The number of carbonyl (C=O) groups excluding carboxylic acids is 1. The maximum atomic E-state index is 10.3. The maximum Gasteiger partial charge on any atom is 0.152 e. The smallest absolute Gasteiger partial charge is 0.152 e. The zero-order valence-corrected chi connectivity index (χ0v) is 5.29. The van der Waals surface area contributed by atoms with Gasteiger partial charge in [0, 0.05) is 5.56 Å². The molecule has 3 nitrogen and oxygen atoms in total. The molecule has 0 spiro atoms. The first-order chi connectivity index (χ1) is 4.88. The van der Waals surface area contributed by atoms with Crippen molar-refractivity contribution in [3.8, 4) is 0 Å². The predicted octanol–water partition coefficient (Wildman–Crippen LogP) is 0.551. The Bertz CT molecular complexity index is 235. The number of hydrogen-bond donors (Lipinski definition) is 1. The number of rotatable bonds is 2. The first kappa shape index (κ1) is 6.77. The van der Waals surface area contributed by atoms with Crippen LogP contribution in [-0.4, -0.2) is 11.5 Å². The van der Waals surface area contributed by atoms with E-state index in [0.717, 1.165) is 6.29 Å². The highest BCUT2D eigenvalue weighted by Crippen LogP contribution is 2.10. The van der Waals surface area contributed by atoms with Gasteiger partial charge in [-0.15, -0.1) is 0 Å². The fraction of sp³-hybridized carbons (Fsp3) is 0. The van der Waals surface area contributed by atoms with E-state index in [2.05, 4.69) is 5.48 Å². The van der Waals surface area contributed by atoms with E-state index in [0.29, 0.717) is 11.3 Å². The van der Waals surface area contributed by atoms with Crippen LogP contribution in [0.25, 0.3) is 0 Å². The van der Waals surface area contributed by atoms with Crippen LogP contribution in [0.1, 0.15) is 10.4 Å². The summed E-state index contributed by atoms with van der Waals surface area (Å²) in [5.74, 6) is 0. The zero-order chi connectivity index (χ0) is 7.40. The van der Waals surface area contributed by atoms with Crippen LogP contribution in [-0.2, 0) is 0 Å². The molecule has 0 saturated heterocycles. The molecule has 1 aromatic rings. The number of aldehydes is 1. The molecular formula is C7H8NO2+. The second kappa shape index (κ2) is 2.98. The lowest BCUT2D eigenvalue weighted by Gasteiger charge is -1.95. The maximum absolute atomic E-state index is 10.3. The molecule has 0 heterocycles. The van der Waals surface area contributed by atoms with Crippen molar-refractivity contribution in [2.45, 2.75) is 0 Å². The Labute approximate surface area is 58.3 Å². The Hall–Kier alpha value is -1.35. The molecule has 3 heteroatoms. The SMILES string of the molecule is O=Cc1ccccc1N[OH2+]. The van der Waals surface area contributed by atoms with Crippen LogP contribution in [0.15, 0.2) is 24.3 Å². The van der Waals surface area contributed by atoms with Crippen LogP contribution in [0, 0.1) is 0 Å². The van der Waals surface area contributed by atoms with Crippen molar-refractivity contribution >= 4 is 12.0 Å². The number of nitrogens with one attached hydrogen (secondary N) is 1. The van der Waals surface area contributed by atoms with Gasteiger partial charge in [-0.25, -0.2) is 0 Å². The standard InChI is InChI=1S/C7H7NO2/c9-5-6-3-1-2-4-7(6)8-10/h1-5,8,10H/p+1. The lowest BCUT2D eigenvalue weighted by molar-refractivity contribution is 0.112. The number of carbonyl (C=O) groups is 1. The lowest BCUT2D eigenvalue weighted by atomic mass is 10.2. The van der Waals surface area contributed by atoms with Crippen molar-refractivity contribution in [3.63, 3.8) is 0 Å². The molecular weight excluding hydrogens is 130 g/mol. The summed E-state index contributed by atoms with van der Waals surface area (Å²) in [6, 6.07) is 6.86. The summed E-state index contributed by atoms with van der Waals surface area (Å²) >= 11 is 0. The molecule has 0 aliphatic rings. The van der Waals surface area contributed by atoms with E-state index in [9.17, 15) is 4.79 Å². The quantitative estimate of drug-likeness (QED) is 0.368. The second-order valence-electron chi connectivity index (χ2n) is 1.83. The summed E-state index contributed by atoms with van der Waals surface area (Å²) in [6.07, 6.45) is 0.719. The number of para-hydroxylation sites is 1. The van der Waals surface area contributed by atoms with Crippen LogP contribution in [0.5, 0.6) is 0 Å². The molecule has 0 unspecified atom stereocenters. The topological polar surface area (TPSA) is 52.0 Å². The van der Waals surface area contributed by atoms with Gasteiger partial charge in [-0.3, -0.25) is 4.79 Å². The Morgan fingerprint density at radius 3 is 2.60 bits per heavy atom. The van der Waals surface area contributed by atoms with E-state index in [4.69, 9.17) is 5.21 Å². The highest BCUT2D eigenvalue weighted by molar-refractivity contribution is 5.83. The van der Waals surface area contributed by atoms with Gasteiger partial charge in [-0.05, 0) is 12.1 Å². The summed E-state index contributed by atoms with van der Waals surface area (Å²) in [5.41, 5.74) is 3.22. The molecule has 0 radical (unpaired) electrons. The molecule has 1 aromatic carbocycles. The van der Waals surface area contributed by atoms with Gasteiger partial charge in [0.15, 0.2) is 6.29 Å². The third-order valence-corrected chi connectivity index (χ3v) is 1.22. The molecule has 0 saturated carbocycles. The van der Waals surface area contributed by atoms with Crippen LogP contribution >= 0.6 is 0 Å². The first-order valence-corrected chi connectivity index (χ1v) is 2.85. The Balaban J connectivity index is 3.08. The third-order valence-electron chi connectivity index (χ3n) is 1.22. The van der Waals surface area contributed by atoms with Crippen molar-refractivity contribution in [1.29, 1.82) is 0 Å². The summed E-state index contributed by atoms with van der Waals surface area (Å²) < 4.78 is 0. The van der Waals surface area contributed by atoms with Crippen LogP contribution < -0.4 is 5.48 Å². The van der Waals surface area contributed by atoms with Gasteiger partial charge in [0.2, 0.25) is 0 Å². The number of anilines is 1. The highest BCUT2D eigenvalue weighted by atomic mass is 16.5. The molecule has 1 rings (SSSR count). The molecule has 0 aliphatic carbocycles. The minimum atomic E-state index is 0.512. The molecule has 0 bridgehead atoms. The molecule has 0 fully saturated rings. The van der Waals surface area contributed by atoms with Crippen LogP contribution in [0.2, 0.25) is 0 Å². The molecule has 0 aliphatic heterocycles. The van der Waals surface area contributed by atoms with Crippen molar-refractivity contribution in [1.82, 2.24) is 0 Å². The highest BCUT2D eigenvalue weighted by Gasteiger charge is 1.97. The van der Waals surface area contributed by atoms with E-state index in [1.807, 2.05) is 0 Å². The van der Waals surface area contributed by atoms with E-state index in [1.54, 1.807) is 24.3 Å². The molecule has 3 N–H and O–H groups in total. The van der Waals surface area contributed by atoms with E-state index in [-0.39, 0.29) is 0 Å². The van der Waals surface area contributed by atoms with Gasteiger partial charge in [0.05, 0.1) is 0 Å². The van der Waals surface area contributed by atoms with E-state index >= 15 is 0 Å². The third kappa shape index (κ3) is 1.14. The fourth-order valence-corrected chi connectivity index (χ4v) is 0.714. The van der Waals surface area contributed by atoms with Crippen molar-refractivity contribution in [2.75, 3.05) is 5.48 Å². The minimum Gasteiger partial charge on any atom is -0.313 e. The van der Waals surface area contributed by atoms with Crippen LogP contribution in [0.3, 0.4) is 0 Å². The van der Waals surface area contributed by atoms with E-state index < -0.39 is 0 Å². The largest absolute Gasteiger partial charge is 0.313 e. The van der Waals surface area contributed by atoms with Gasteiger partial charge in [0.25, 0.3) is 0 Å². The number of benzene rings is 1. The average molecular weight is 138 g/mol. The summed E-state index contributed by atoms with van der Waals surface area (Å²) in [7, 11) is 0. The summed E-state index contributed by atoms with van der Waals surface area (Å²) in [4.78, 5) is 10.3. The second-order valence-corrected chi connectivity index (χ2v) is 1.83. The van der Waals surface area contributed by atoms with Gasteiger partial charge in [-0.2, -0.15) is 5.48 Å². The summed E-state index contributed by atoms with van der Waals surface area (Å²) in [6.45, 7) is 0. The van der Waals surface area contributed by atoms with Gasteiger partial charge in [-0.1, -0.05) is 12.1 Å². The predicted molar refractivity (Wildman–Crippen MR) is 39.1 cm³/mol. The molecule has 0 amide bonds. The molecule has 0 atom stereocenters. The Morgan fingerprint density at radius 1 is 1.40 bits per heavy atom. The monoisotopic (exact) mass is 138 g/mol. The van der Waals surface area contributed by atoms with E-state index in [1.165, 1.54) is 0 Å². The average Bonchev–Trinajstić information content (AvgIpc) is 2.04. The first-order valence-electron chi connectivity index (χ1n) is 2.85. The van der Waals surface area contributed by atoms with Crippen molar-refractivity contribution < 1.29 is 10.0 Å². The van der Waals surface area contributed by atoms with Gasteiger partial charge < -0.3 is 5.21 Å². The molecule has 52 valence electrons. The molecule has 0 aromatic heterocycles. The number of hydrogen-bond acceptors (Lipinski definition) is 2. The normalized spacial score (nSPS) is 8.90.